The molecule has 0 aliphatic carbocycles. The number of aliphatic hydroxyl groups is 1. The second-order valence-corrected chi connectivity index (χ2v) is 27.3. The number of carbonyl (C=O) groups is 4. The van der Waals surface area contributed by atoms with Crippen LogP contribution in [0.4, 0.5) is 67.9 Å². The fourth-order valence-corrected chi connectivity index (χ4v) is 14.0. The van der Waals surface area contributed by atoms with Crippen LogP contribution in [0.5, 0.6) is 0 Å². The summed E-state index contributed by atoms with van der Waals surface area (Å²) >= 11 is 3.18. The van der Waals surface area contributed by atoms with Gasteiger partial charge in [-0.1, -0.05) is 34.4 Å². The fourth-order valence-electron chi connectivity index (χ4n) is 10.7. The molecule has 98 heavy (non-hydrogen) atoms. The average molecular weight is 1430 g/mol. The Balaban J connectivity index is 0.928. The second kappa shape index (κ2) is 29.7. The van der Waals surface area contributed by atoms with Crippen LogP contribution >= 0.6 is 34.4 Å². The van der Waals surface area contributed by atoms with Crippen molar-refractivity contribution in [2.75, 3.05) is 121 Å². The number of fused-ring (bicyclic) bond motifs is 2. The fraction of sp³-hybridized carbons (Fsp3) is 0.295. The van der Waals surface area contributed by atoms with E-state index in [1.165, 1.54) is 12.2 Å². The summed E-state index contributed by atoms with van der Waals surface area (Å²) in [6.07, 6.45) is 2.64. The molecule has 7 aromatic rings. The van der Waals surface area contributed by atoms with E-state index in [4.69, 9.17) is 34.4 Å². The van der Waals surface area contributed by atoms with E-state index in [-0.39, 0.29) is 61.9 Å². The number of carbonyl (C=O) groups excluding carboxylic acids is 4. The molecule has 506 valence electrons. The number of thiazole rings is 2. The van der Waals surface area contributed by atoms with Crippen LogP contribution in [0.25, 0.3) is 12.2 Å². The van der Waals surface area contributed by atoms with Gasteiger partial charge in [-0.15, -0.1) is 20.5 Å². The summed E-state index contributed by atoms with van der Waals surface area (Å²) < 4.78 is 78.4. The number of aliphatic hydroxyl groups excluding tert-OH is 1. The van der Waals surface area contributed by atoms with Gasteiger partial charge in [0.1, 0.15) is 46.5 Å². The third-order valence-electron chi connectivity index (χ3n) is 15.6. The van der Waals surface area contributed by atoms with E-state index in [1.54, 1.807) is 12.1 Å². The van der Waals surface area contributed by atoms with Gasteiger partial charge < -0.3 is 44.8 Å². The number of ether oxygens (including phenoxy) is 2. The number of hydrogen-bond donors (Lipinski definition) is 5. The molecule has 0 atom stereocenters. The number of benzene rings is 4. The molecule has 11 rings (SSSR count). The standard InChI is InChI=1S/C61H59N19O13S5/c1-5-75(6-2)35-9-15-45(71-73-60-66-51(77-17-22-92-23-18-77)49(95-60)29-37(33-62)79-53(82)41-13-11-39(97(86,87)88)31-43(41)55(79)84)47(27-35)64-57-68-58(70-59(69-57)94-26-21-81)65-48-28-36(76(7-3)8-4)10-16-46(48)72-74-61-67-52(78-19-24-93-25-20-78)50(96-61)30-38(34-63)80-54(83)42-14-12-40(98(89,90)91)32-44(42)56(80)85/h9-16,27-32,81H,5-8,17-26H2,1-4H3,(H,86,87,88)(H,89,90,91)(H2,64,65,68,69,70)/b37-29+,38-30+,73-71+,74-72+. The lowest BCUT2D eigenvalue weighted by molar-refractivity contribution is 0.0696. The minimum atomic E-state index is -4.74. The van der Waals surface area contributed by atoms with Crippen LogP contribution in [0, 0.1) is 22.7 Å². The molecule has 4 aliphatic heterocycles. The largest absolute Gasteiger partial charge is 0.396 e. The van der Waals surface area contributed by atoms with Crippen LogP contribution in [0.3, 0.4) is 0 Å². The Morgan fingerprint density at radius 1 is 0.582 bits per heavy atom. The average Bonchev–Trinajstić information content (AvgIpc) is 1.61. The highest BCUT2D eigenvalue weighted by atomic mass is 32.2. The number of allylic oxidation sites excluding steroid dienone is 2. The number of thioether (sulfide) groups is 1. The molecule has 5 N–H and O–H groups in total. The van der Waals surface area contributed by atoms with Gasteiger partial charge in [0.2, 0.25) is 22.2 Å². The number of nitrogens with zero attached hydrogens (tertiary/aromatic N) is 17. The number of amides is 4. The topological polar surface area (TPSA) is 421 Å². The lowest BCUT2D eigenvalue weighted by Gasteiger charge is -2.27. The van der Waals surface area contributed by atoms with Crippen molar-refractivity contribution in [3.8, 4) is 12.1 Å². The molecule has 3 aromatic heterocycles. The highest BCUT2D eigenvalue weighted by Gasteiger charge is 2.41. The maximum atomic E-state index is 13.7. The summed E-state index contributed by atoms with van der Waals surface area (Å²) in [7, 11) is -9.48. The first kappa shape index (κ1) is 69.3. The van der Waals surface area contributed by atoms with Gasteiger partial charge in [-0.05, 0) is 113 Å². The number of nitrogens with one attached hydrogen (secondary N) is 2. The van der Waals surface area contributed by atoms with Crippen LogP contribution in [0.1, 0.15) is 78.9 Å². The van der Waals surface area contributed by atoms with Gasteiger partial charge in [-0.2, -0.15) is 52.3 Å². The summed E-state index contributed by atoms with van der Waals surface area (Å²) in [6, 6.07) is 20.7. The predicted molar refractivity (Wildman–Crippen MR) is 364 cm³/mol. The van der Waals surface area contributed by atoms with Crippen molar-refractivity contribution in [2.24, 2.45) is 20.5 Å². The first-order valence-corrected chi connectivity index (χ1v) is 35.7. The molecular weight excluding hydrogens is 1370 g/mol. The first-order valence-electron chi connectivity index (χ1n) is 30.2. The zero-order chi connectivity index (χ0) is 69.6. The molecule has 37 heteroatoms. The third-order valence-corrected chi connectivity index (χ3v) is 19.8. The zero-order valence-electron chi connectivity index (χ0n) is 52.6. The van der Waals surface area contributed by atoms with Gasteiger partial charge in [-0.25, -0.2) is 9.80 Å². The SMILES string of the molecule is CCN(CC)c1ccc(/N=N/c2nc(N3CCOCC3)c(/C=C(\C#N)N3C(=O)c4ccc(S(=O)(=O)O)cc4C3=O)s2)c(Nc2nc(Nc3cc(N(CC)CC)ccc3/N=N/c3nc(N4CCOCC4)c(/C=C(\C#N)N4C(=O)c5ccc(S(=O)(=O)O)cc5C4=O)s3)nc(SCCO)n2)c1. The maximum absolute atomic E-state index is 13.7. The van der Waals surface area contributed by atoms with Gasteiger partial charge in [0.25, 0.3) is 43.9 Å². The van der Waals surface area contributed by atoms with Crippen LogP contribution < -0.4 is 30.2 Å². The molecule has 2 fully saturated rings. The first-order chi connectivity index (χ1) is 47.1. The number of imide groups is 2. The lowest BCUT2D eigenvalue weighted by Crippen LogP contribution is -2.36. The van der Waals surface area contributed by atoms with E-state index in [0.29, 0.717) is 133 Å². The Hall–Kier alpha value is -10.1. The number of hydrogen-bond acceptors (Lipinski definition) is 31. The van der Waals surface area contributed by atoms with Gasteiger partial charge >= 0.3 is 0 Å². The smallest absolute Gasteiger partial charge is 0.294 e. The number of morpholine rings is 2. The molecule has 2 saturated heterocycles. The Kier molecular flexibility index (Phi) is 21.0. The molecule has 4 amide bonds. The number of aromatic nitrogens is 5. The van der Waals surface area contributed by atoms with E-state index in [2.05, 4.69) is 40.9 Å². The minimum Gasteiger partial charge on any atom is -0.396 e. The van der Waals surface area contributed by atoms with E-state index in [1.807, 2.05) is 73.9 Å². The molecular formula is C61H59N19O13S5. The molecule has 0 saturated carbocycles. The Labute approximate surface area is 572 Å². The summed E-state index contributed by atoms with van der Waals surface area (Å²) in [5, 5.41) is 56.6. The Morgan fingerprint density at radius 3 is 1.35 bits per heavy atom. The zero-order valence-corrected chi connectivity index (χ0v) is 56.6. The van der Waals surface area contributed by atoms with E-state index >= 15 is 0 Å². The normalized spacial score (nSPS) is 15.4. The summed E-state index contributed by atoms with van der Waals surface area (Å²) in [6.45, 7) is 13.3. The van der Waals surface area contributed by atoms with E-state index in [9.17, 15) is 60.7 Å². The van der Waals surface area contributed by atoms with Gasteiger partial charge in [-0.3, -0.25) is 28.3 Å². The number of azo groups is 2. The van der Waals surface area contributed by atoms with Crippen LogP contribution in [0.2, 0.25) is 0 Å². The summed E-state index contributed by atoms with van der Waals surface area (Å²) in [4.78, 5) is 87.5. The van der Waals surface area contributed by atoms with Crippen molar-refractivity contribution in [3.63, 3.8) is 0 Å². The molecule has 0 radical (unpaired) electrons. The molecule has 7 heterocycles. The maximum Gasteiger partial charge on any atom is 0.294 e. The third kappa shape index (κ3) is 14.9. The second-order valence-electron chi connectivity index (χ2n) is 21.3. The lowest BCUT2D eigenvalue weighted by atomic mass is 10.1. The Bertz CT molecular complexity index is 4490. The van der Waals surface area contributed by atoms with Gasteiger partial charge in [0.15, 0.2) is 5.16 Å². The monoisotopic (exact) mass is 1430 g/mol. The van der Waals surface area contributed by atoms with Crippen molar-refractivity contribution >= 4 is 158 Å². The van der Waals surface area contributed by atoms with E-state index < -0.39 is 65.1 Å². The minimum absolute atomic E-state index is 0.0432. The van der Waals surface area contributed by atoms with Crippen LogP contribution in [0.15, 0.2) is 120 Å². The van der Waals surface area contributed by atoms with Gasteiger partial charge in [0.05, 0.1) is 86.2 Å². The van der Waals surface area contributed by atoms with Crippen molar-refractivity contribution in [3.05, 3.63) is 116 Å². The summed E-state index contributed by atoms with van der Waals surface area (Å²) in [5.41, 5.74) is 1.22. The molecule has 0 spiro atoms. The molecule has 4 aliphatic rings. The van der Waals surface area contributed by atoms with Crippen molar-refractivity contribution in [1.82, 2.24) is 34.7 Å². The molecule has 0 bridgehead atoms. The molecule has 0 unspecified atom stereocenters. The van der Waals surface area contributed by atoms with Crippen molar-refractivity contribution in [1.29, 1.82) is 10.5 Å². The summed E-state index contributed by atoms with van der Waals surface area (Å²) in [5.74, 6) is -2.70. The van der Waals surface area contributed by atoms with Crippen LogP contribution in [-0.4, -0.2) is 181 Å². The van der Waals surface area contributed by atoms with E-state index in [0.717, 1.165) is 82.2 Å². The predicted octanol–water partition coefficient (Wildman–Crippen LogP) is 9.37. The number of rotatable bonds is 25. The highest BCUT2D eigenvalue weighted by molar-refractivity contribution is 7.99. The number of nitriles is 2. The van der Waals surface area contributed by atoms with Gasteiger partial charge in [0, 0.05) is 69.5 Å². The molecule has 32 nitrogen and oxygen atoms in total. The Morgan fingerprint density at radius 2 is 0.980 bits per heavy atom. The van der Waals surface area contributed by atoms with Crippen LogP contribution in [-0.2, 0) is 29.7 Å². The number of anilines is 8. The van der Waals surface area contributed by atoms with Crippen molar-refractivity contribution in [2.45, 2.75) is 42.6 Å². The highest BCUT2D eigenvalue weighted by Crippen LogP contribution is 2.42. The van der Waals surface area contributed by atoms with Crippen molar-refractivity contribution < 1.29 is 59.7 Å². The molecule has 4 aromatic carbocycles. The quantitative estimate of drug-likeness (QED) is 0.0117.